The van der Waals surface area contributed by atoms with Crippen LogP contribution >= 0.6 is 0 Å². The van der Waals surface area contributed by atoms with E-state index in [0.717, 1.165) is 5.69 Å². The van der Waals surface area contributed by atoms with E-state index in [1.165, 1.54) is 18.5 Å². The highest BCUT2D eigenvalue weighted by atomic mass is 19.1. The molecule has 0 unspecified atom stereocenters. The predicted molar refractivity (Wildman–Crippen MR) is 130 cm³/mol. The first-order chi connectivity index (χ1) is 17.6. The third-order valence-corrected chi connectivity index (χ3v) is 6.72. The van der Waals surface area contributed by atoms with Gasteiger partial charge in [-0.15, -0.1) is 5.10 Å². The number of hydrogen-bond acceptors (Lipinski definition) is 7. The van der Waals surface area contributed by atoms with Gasteiger partial charge < -0.3 is 14.7 Å². The minimum atomic E-state index is -0.342. The van der Waals surface area contributed by atoms with Crippen LogP contribution in [0.15, 0.2) is 60.9 Å². The van der Waals surface area contributed by atoms with Crippen LogP contribution in [0.3, 0.4) is 0 Å². The Balaban J connectivity index is 1.14. The molecule has 4 aromatic rings. The van der Waals surface area contributed by atoms with Crippen LogP contribution in [0.5, 0.6) is 0 Å². The lowest BCUT2D eigenvalue weighted by Gasteiger charge is -2.36. The molecule has 4 heterocycles. The van der Waals surface area contributed by atoms with Crippen LogP contribution in [-0.4, -0.2) is 74.4 Å². The molecule has 0 spiro atoms. The number of anilines is 2. The molecule has 6 rings (SSSR count). The number of halogens is 1. The summed E-state index contributed by atoms with van der Waals surface area (Å²) < 4.78 is 14.9. The molecule has 10 nitrogen and oxygen atoms in total. The molecule has 36 heavy (non-hydrogen) atoms. The zero-order valence-corrected chi connectivity index (χ0v) is 19.4. The molecule has 182 valence electrons. The van der Waals surface area contributed by atoms with Crippen molar-refractivity contribution in [1.82, 2.24) is 29.9 Å². The number of para-hydroxylation sites is 1. The number of rotatable bonds is 4. The van der Waals surface area contributed by atoms with Gasteiger partial charge >= 0.3 is 0 Å². The highest BCUT2D eigenvalue weighted by Crippen LogP contribution is 2.28. The molecule has 0 bridgehead atoms. The van der Waals surface area contributed by atoms with E-state index < -0.39 is 0 Å². The number of piperazine rings is 1. The zero-order valence-electron chi connectivity index (χ0n) is 19.4. The fraction of sp³-hybridized carbons (Fsp3) is 0.280. The number of carbonyl (C=O) groups excluding carboxylic acids is 2. The summed E-state index contributed by atoms with van der Waals surface area (Å²) in [7, 11) is 0. The van der Waals surface area contributed by atoms with Crippen LogP contribution in [0.4, 0.5) is 15.9 Å². The van der Waals surface area contributed by atoms with Gasteiger partial charge in [0.25, 0.3) is 0 Å². The summed E-state index contributed by atoms with van der Waals surface area (Å²) in [5, 5.41) is 8.48. The van der Waals surface area contributed by atoms with Crippen LogP contribution in [0.2, 0.25) is 0 Å². The first-order valence-electron chi connectivity index (χ1n) is 11.8. The van der Waals surface area contributed by atoms with Gasteiger partial charge in [0, 0.05) is 44.8 Å². The lowest BCUT2D eigenvalue weighted by Crippen LogP contribution is -2.51. The molecule has 11 heteroatoms. The Hall–Kier alpha value is -4.41. The summed E-state index contributed by atoms with van der Waals surface area (Å²) >= 11 is 0. The largest absolute Gasteiger partial charge is 0.351 e. The van der Waals surface area contributed by atoms with E-state index in [2.05, 4.69) is 25.2 Å². The number of hydrogen-bond donors (Lipinski definition) is 0. The summed E-state index contributed by atoms with van der Waals surface area (Å²) in [4.78, 5) is 40.1. The molecule has 2 fully saturated rings. The summed E-state index contributed by atoms with van der Waals surface area (Å²) in [5.41, 5.74) is 2.54. The fourth-order valence-corrected chi connectivity index (χ4v) is 4.85. The highest BCUT2D eigenvalue weighted by molar-refractivity contribution is 6.00. The maximum atomic E-state index is 13.3. The summed E-state index contributed by atoms with van der Waals surface area (Å²) in [5.74, 6) is -0.0413. The van der Waals surface area contributed by atoms with Crippen molar-refractivity contribution >= 4 is 34.5 Å². The number of amides is 2. The van der Waals surface area contributed by atoms with Crippen LogP contribution < -0.4 is 9.80 Å². The quantitative estimate of drug-likeness (QED) is 0.435. The second kappa shape index (κ2) is 8.99. The van der Waals surface area contributed by atoms with E-state index in [1.54, 1.807) is 21.7 Å². The van der Waals surface area contributed by atoms with Crippen LogP contribution in [0.1, 0.15) is 6.42 Å². The van der Waals surface area contributed by atoms with Crippen molar-refractivity contribution in [1.29, 1.82) is 0 Å². The van der Waals surface area contributed by atoms with E-state index in [1.807, 2.05) is 35.2 Å². The Morgan fingerprint density at radius 3 is 2.42 bits per heavy atom. The molecule has 2 amide bonds. The van der Waals surface area contributed by atoms with E-state index in [9.17, 15) is 14.0 Å². The van der Waals surface area contributed by atoms with Crippen molar-refractivity contribution in [2.45, 2.75) is 6.42 Å². The lowest BCUT2D eigenvalue weighted by atomic mass is 10.1. The highest BCUT2D eigenvalue weighted by Gasteiger charge is 2.38. The summed E-state index contributed by atoms with van der Waals surface area (Å²) in [6, 6.07) is 15.4. The van der Waals surface area contributed by atoms with Gasteiger partial charge in [-0.3, -0.25) is 9.59 Å². The van der Waals surface area contributed by atoms with Gasteiger partial charge in [-0.1, -0.05) is 23.4 Å². The maximum absolute atomic E-state index is 13.3. The van der Waals surface area contributed by atoms with Gasteiger partial charge in [0.2, 0.25) is 11.8 Å². The normalized spacial score (nSPS) is 18.3. The molecule has 0 aliphatic carbocycles. The van der Waals surface area contributed by atoms with E-state index in [0.29, 0.717) is 55.4 Å². The molecular formula is C25H23FN8O2. The molecular weight excluding hydrogens is 463 g/mol. The van der Waals surface area contributed by atoms with E-state index in [-0.39, 0.29) is 30.0 Å². The van der Waals surface area contributed by atoms with Crippen LogP contribution in [0.25, 0.3) is 16.9 Å². The lowest BCUT2D eigenvalue weighted by molar-refractivity contribution is -0.136. The van der Waals surface area contributed by atoms with Gasteiger partial charge in [0.15, 0.2) is 17.0 Å². The average Bonchev–Trinajstić information content (AvgIpc) is 3.53. The molecule has 2 aliphatic rings. The van der Waals surface area contributed by atoms with E-state index in [4.69, 9.17) is 0 Å². The Morgan fingerprint density at radius 2 is 1.67 bits per heavy atom. The smallest absolute Gasteiger partial charge is 0.228 e. The van der Waals surface area contributed by atoms with Crippen molar-refractivity contribution in [3.63, 3.8) is 0 Å². The minimum absolute atomic E-state index is 0.0107. The molecule has 2 saturated heterocycles. The zero-order chi connectivity index (χ0) is 24.6. The van der Waals surface area contributed by atoms with Gasteiger partial charge in [-0.2, -0.15) is 4.68 Å². The first kappa shape index (κ1) is 22.1. The minimum Gasteiger partial charge on any atom is -0.351 e. The number of fused-ring (bicyclic) bond motifs is 1. The Labute approximate surface area is 206 Å². The summed E-state index contributed by atoms with van der Waals surface area (Å²) in [6.45, 7) is 2.59. The third-order valence-electron chi connectivity index (χ3n) is 6.72. The van der Waals surface area contributed by atoms with Crippen LogP contribution in [-0.2, 0) is 9.59 Å². The predicted octanol–water partition coefficient (Wildman–Crippen LogP) is 2.05. The average molecular weight is 487 g/mol. The van der Waals surface area contributed by atoms with Gasteiger partial charge in [-0.25, -0.2) is 14.4 Å². The van der Waals surface area contributed by atoms with Crippen LogP contribution in [0, 0.1) is 11.7 Å². The monoisotopic (exact) mass is 486 g/mol. The number of aromatic nitrogens is 5. The third kappa shape index (κ3) is 3.92. The topological polar surface area (TPSA) is 100 Å². The van der Waals surface area contributed by atoms with Gasteiger partial charge in [0.1, 0.15) is 12.1 Å². The molecule has 2 aromatic heterocycles. The molecule has 2 aromatic carbocycles. The van der Waals surface area contributed by atoms with Crippen molar-refractivity contribution < 1.29 is 14.0 Å². The standard InChI is InChI=1S/C25H23FN8O2/c26-18-6-8-20(9-7-18)34-24-22(29-30-34)23(27-16-28-24)31-10-12-32(13-11-31)25(36)17-14-21(35)33(15-17)19-4-2-1-3-5-19/h1-9,16-17H,10-15H2/t17-/m1/s1. The maximum Gasteiger partial charge on any atom is 0.228 e. The van der Waals surface area contributed by atoms with Crippen molar-refractivity contribution in [3.8, 4) is 5.69 Å². The molecule has 0 radical (unpaired) electrons. The number of nitrogens with zero attached hydrogens (tertiary/aromatic N) is 8. The first-order valence-corrected chi connectivity index (χ1v) is 11.8. The molecule has 0 N–H and O–H groups in total. The Kier molecular flexibility index (Phi) is 5.51. The molecule has 0 saturated carbocycles. The number of carbonyl (C=O) groups is 2. The Morgan fingerprint density at radius 1 is 0.917 bits per heavy atom. The Bertz CT molecular complexity index is 1420. The summed E-state index contributed by atoms with van der Waals surface area (Å²) in [6.07, 6.45) is 1.69. The number of benzene rings is 2. The van der Waals surface area contributed by atoms with Gasteiger partial charge in [-0.05, 0) is 36.4 Å². The second-order valence-electron chi connectivity index (χ2n) is 8.90. The van der Waals surface area contributed by atoms with Crippen molar-refractivity contribution in [3.05, 3.63) is 66.7 Å². The SMILES string of the molecule is O=C([C@@H]1CC(=O)N(c2ccccc2)C1)N1CCN(c2ncnc3c2nnn3-c2ccc(F)cc2)CC1. The molecule has 1 atom stereocenters. The molecule has 2 aliphatic heterocycles. The van der Waals surface area contributed by atoms with Gasteiger partial charge in [0.05, 0.1) is 11.6 Å². The van der Waals surface area contributed by atoms with Crippen molar-refractivity contribution in [2.75, 3.05) is 42.5 Å². The van der Waals surface area contributed by atoms with Crippen molar-refractivity contribution in [2.24, 2.45) is 5.92 Å². The fourth-order valence-electron chi connectivity index (χ4n) is 4.85. The van der Waals surface area contributed by atoms with E-state index >= 15 is 0 Å². The second-order valence-corrected chi connectivity index (χ2v) is 8.90.